The van der Waals surface area contributed by atoms with Gasteiger partial charge in [0.05, 0.1) is 24.5 Å². The number of fused-ring (bicyclic) bond motifs is 1. The summed E-state index contributed by atoms with van der Waals surface area (Å²) >= 11 is 0. The fourth-order valence-electron chi connectivity index (χ4n) is 5.98. The molecule has 1 spiro atoms. The lowest BCUT2D eigenvalue weighted by molar-refractivity contribution is -0.155. The van der Waals surface area contributed by atoms with Gasteiger partial charge in [-0.1, -0.05) is 12.2 Å². The van der Waals surface area contributed by atoms with Crippen LogP contribution in [0.2, 0.25) is 0 Å². The van der Waals surface area contributed by atoms with E-state index < -0.39 is 41.1 Å². The number of carbonyl (C=O) groups excluding carboxylic acids is 3. The van der Waals surface area contributed by atoms with E-state index in [4.69, 9.17) is 14.6 Å². The van der Waals surface area contributed by atoms with E-state index >= 15 is 0 Å². The second-order valence-corrected chi connectivity index (χ2v) is 10.9. The van der Waals surface area contributed by atoms with Crippen molar-refractivity contribution in [2.24, 2.45) is 11.8 Å². The van der Waals surface area contributed by atoms with Crippen molar-refractivity contribution in [2.45, 2.75) is 89.0 Å². The van der Waals surface area contributed by atoms with Gasteiger partial charge in [-0.3, -0.25) is 14.4 Å². The van der Waals surface area contributed by atoms with Gasteiger partial charge < -0.3 is 24.4 Å². The van der Waals surface area contributed by atoms with Crippen LogP contribution in [0.1, 0.15) is 65.7 Å². The van der Waals surface area contributed by atoms with Gasteiger partial charge in [0.1, 0.15) is 11.6 Å². The van der Waals surface area contributed by atoms with Gasteiger partial charge >= 0.3 is 5.97 Å². The lowest BCUT2D eigenvalue weighted by Crippen LogP contribution is -2.59. The van der Waals surface area contributed by atoms with Crippen LogP contribution in [-0.4, -0.2) is 82.3 Å². The highest BCUT2D eigenvalue weighted by Gasteiger charge is 2.75. The fourth-order valence-corrected chi connectivity index (χ4v) is 5.98. The van der Waals surface area contributed by atoms with E-state index in [1.807, 2.05) is 20.8 Å². The van der Waals surface area contributed by atoms with Gasteiger partial charge in [0.15, 0.2) is 0 Å². The molecule has 3 aliphatic heterocycles. The minimum atomic E-state index is -1.02. The number of nitrogens with zero attached hydrogens (tertiary/aromatic N) is 2. The normalized spacial score (nSPS) is 29.3. The summed E-state index contributed by atoms with van der Waals surface area (Å²) in [4.78, 5) is 44.5. The maximum atomic E-state index is 14.1. The number of rotatable bonds is 13. The van der Waals surface area contributed by atoms with Crippen molar-refractivity contribution >= 4 is 17.8 Å². The second kappa shape index (κ2) is 11.2. The Morgan fingerprint density at radius 3 is 2.60 bits per heavy atom. The summed E-state index contributed by atoms with van der Waals surface area (Å²) in [6, 6.07) is -0.795. The van der Waals surface area contributed by atoms with Crippen molar-refractivity contribution in [3.63, 3.8) is 0 Å². The number of allylic oxidation sites excluding steroid dienone is 1. The van der Waals surface area contributed by atoms with E-state index in [1.165, 1.54) is 0 Å². The molecule has 35 heavy (non-hydrogen) atoms. The van der Waals surface area contributed by atoms with Gasteiger partial charge in [-0.05, 0) is 65.7 Å². The minimum Gasteiger partial charge on any atom is -0.465 e. The van der Waals surface area contributed by atoms with Crippen LogP contribution in [0.5, 0.6) is 0 Å². The second-order valence-electron chi connectivity index (χ2n) is 10.9. The molecule has 3 rings (SSSR count). The number of hydrogen-bond donors (Lipinski definition) is 1. The standard InChI is InChI=1S/C27H42N2O6/c1-6-8-12-18-34-25(33)20-19-13-14-27(35-19)21(20)23(31)28(16-10-9-11-17-30)22(27)24(32)29(15-7-2)26(3,4)5/h6-7,19-22,30H,1-2,8-18H2,3-5H3/t19-,20+,21-,22?,27?/m0/s1. The number of esters is 1. The van der Waals surface area contributed by atoms with Crippen LogP contribution in [0.25, 0.3) is 0 Å². The molecule has 3 aliphatic rings. The zero-order valence-corrected chi connectivity index (χ0v) is 21.5. The third-order valence-electron chi connectivity index (χ3n) is 7.55. The van der Waals surface area contributed by atoms with Crippen molar-refractivity contribution in [2.75, 3.05) is 26.3 Å². The molecule has 196 valence electrons. The molecule has 0 aromatic carbocycles. The number of hydrogen-bond acceptors (Lipinski definition) is 6. The first-order valence-corrected chi connectivity index (χ1v) is 12.9. The monoisotopic (exact) mass is 490 g/mol. The van der Waals surface area contributed by atoms with E-state index in [1.54, 1.807) is 22.0 Å². The average molecular weight is 491 g/mol. The van der Waals surface area contributed by atoms with E-state index in [2.05, 4.69) is 13.2 Å². The first-order valence-electron chi connectivity index (χ1n) is 12.9. The van der Waals surface area contributed by atoms with E-state index in [0.29, 0.717) is 45.2 Å². The Labute approximate surface area is 209 Å². The zero-order chi connectivity index (χ0) is 25.8. The van der Waals surface area contributed by atoms with Crippen molar-refractivity contribution < 1.29 is 29.0 Å². The van der Waals surface area contributed by atoms with Crippen LogP contribution < -0.4 is 0 Å². The molecular formula is C27H42N2O6. The highest BCUT2D eigenvalue weighted by Crippen LogP contribution is 2.59. The number of ether oxygens (including phenoxy) is 2. The van der Waals surface area contributed by atoms with Crippen LogP contribution in [-0.2, 0) is 23.9 Å². The first-order chi connectivity index (χ1) is 16.6. The molecule has 2 amide bonds. The van der Waals surface area contributed by atoms with Crippen LogP contribution in [0.3, 0.4) is 0 Å². The Hall–Kier alpha value is -2.19. The Kier molecular flexibility index (Phi) is 8.81. The Morgan fingerprint density at radius 1 is 1.23 bits per heavy atom. The lowest BCUT2D eigenvalue weighted by Gasteiger charge is -2.42. The zero-order valence-electron chi connectivity index (χ0n) is 21.5. The number of carbonyl (C=O) groups is 3. The van der Waals surface area contributed by atoms with E-state index in [-0.39, 0.29) is 25.0 Å². The molecule has 3 fully saturated rings. The van der Waals surface area contributed by atoms with Gasteiger partial charge in [0.2, 0.25) is 11.8 Å². The molecule has 0 aliphatic carbocycles. The van der Waals surface area contributed by atoms with Crippen LogP contribution in [0, 0.1) is 11.8 Å². The van der Waals surface area contributed by atoms with Gasteiger partial charge in [-0.2, -0.15) is 0 Å². The van der Waals surface area contributed by atoms with Gasteiger partial charge in [0, 0.05) is 25.2 Å². The number of likely N-dealkylation sites (tertiary alicyclic amines) is 1. The summed E-state index contributed by atoms with van der Waals surface area (Å²) in [5.41, 5.74) is -1.50. The fraction of sp³-hybridized carbons (Fsp3) is 0.741. The van der Waals surface area contributed by atoms with Crippen molar-refractivity contribution in [3.8, 4) is 0 Å². The maximum absolute atomic E-state index is 14.1. The predicted molar refractivity (Wildman–Crippen MR) is 132 cm³/mol. The van der Waals surface area contributed by atoms with E-state index in [0.717, 1.165) is 12.8 Å². The van der Waals surface area contributed by atoms with Crippen molar-refractivity contribution in [1.82, 2.24) is 9.80 Å². The summed E-state index contributed by atoms with van der Waals surface area (Å²) in [5, 5.41) is 9.16. The molecule has 5 atom stereocenters. The summed E-state index contributed by atoms with van der Waals surface area (Å²) in [7, 11) is 0. The molecular weight excluding hydrogens is 448 g/mol. The third kappa shape index (κ3) is 5.19. The minimum absolute atomic E-state index is 0.0879. The molecule has 0 aromatic heterocycles. The molecule has 3 heterocycles. The van der Waals surface area contributed by atoms with Crippen LogP contribution in [0.15, 0.2) is 25.3 Å². The molecule has 2 unspecified atom stereocenters. The Bertz CT molecular complexity index is 821. The van der Waals surface area contributed by atoms with Gasteiger partial charge in [-0.25, -0.2) is 0 Å². The van der Waals surface area contributed by atoms with Gasteiger partial charge in [-0.15, -0.1) is 13.2 Å². The summed E-state index contributed by atoms with van der Waals surface area (Å²) in [5.74, 6) is -2.19. The molecule has 2 bridgehead atoms. The number of amides is 2. The number of aliphatic hydroxyl groups is 1. The molecule has 3 saturated heterocycles. The summed E-state index contributed by atoms with van der Waals surface area (Å²) in [6.45, 7) is 14.5. The first kappa shape index (κ1) is 27.4. The quantitative estimate of drug-likeness (QED) is 0.242. The Balaban J connectivity index is 1.93. The summed E-state index contributed by atoms with van der Waals surface area (Å²) in [6.07, 6.45) is 7.70. The molecule has 1 N–H and O–H groups in total. The van der Waals surface area contributed by atoms with E-state index in [9.17, 15) is 14.4 Å². The number of unbranched alkanes of at least 4 members (excludes halogenated alkanes) is 3. The average Bonchev–Trinajstić information content (AvgIpc) is 3.44. The summed E-state index contributed by atoms with van der Waals surface area (Å²) < 4.78 is 12.0. The maximum Gasteiger partial charge on any atom is 0.312 e. The lowest BCUT2D eigenvalue weighted by atomic mass is 9.70. The Morgan fingerprint density at radius 2 is 1.97 bits per heavy atom. The van der Waals surface area contributed by atoms with Crippen molar-refractivity contribution in [3.05, 3.63) is 25.3 Å². The SMILES string of the molecule is C=CCCCOC(=O)[C@@H]1[C@@H]2CCC3(O2)C(C(=O)N(CC=C)C(C)(C)C)N(CCCCCO)C(=O)[C@H]13. The third-order valence-corrected chi connectivity index (χ3v) is 7.55. The molecule has 0 radical (unpaired) electrons. The predicted octanol–water partition coefficient (Wildman–Crippen LogP) is 2.85. The highest BCUT2D eigenvalue weighted by molar-refractivity contribution is 5.98. The number of aliphatic hydroxyl groups excluding tert-OH is 1. The smallest absolute Gasteiger partial charge is 0.312 e. The van der Waals surface area contributed by atoms with Gasteiger partial charge in [0.25, 0.3) is 0 Å². The molecule has 8 heteroatoms. The molecule has 8 nitrogen and oxygen atoms in total. The molecule has 0 saturated carbocycles. The van der Waals surface area contributed by atoms with Crippen molar-refractivity contribution in [1.29, 1.82) is 0 Å². The largest absolute Gasteiger partial charge is 0.465 e. The highest BCUT2D eigenvalue weighted by atomic mass is 16.6. The molecule has 0 aromatic rings. The van der Waals surface area contributed by atoms with Crippen LogP contribution in [0.4, 0.5) is 0 Å². The topological polar surface area (TPSA) is 96.4 Å². The van der Waals surface area contributed by atoms with Crippen LogP contribution >= 0.6 is 0 Å².